The van der Waals surface area contributed by atoms with Gasteiger partial charge in [0.15, 0.2) is 5.13 Å². The van der Waals surface area contributed by atoms with Gasteiger partial charge in [0.05, 0.1) is 32.4 Å². The number of benzene rings is 1. The first-order valence-corrected chi connectivity index (χ1v) is 10.1. The zero-order chi connectivity index (χ0) is 18.8. The molecule has 0 radical (unpaired) electrons. The van der Waals surface area contributed by atoms with Crippen LogP contribution in [0.15, 0.2) is 41.9 Å². The van der Waals surface area contributed by atoms with E-state index in [9.17, 15) is 4.79 Å². The number of thiazole rings is 2. The van der Waals surface area contributed by atoms with Crippen molar-refractivity contribution in [1.82, 2.24) is 15.0 Å². The molecule has 0 saturated heterocycles. The Morgan fingerprint density at radius 3 is 2.93 bits per heavy atom. The number of rotatable bonds is 5. The van der Waals surface area contributed by atoms with Gasteiger partial charge in [-0.2, -0.15) is 0 Å². The van der Waals surface area contributed by atoms with Crippen molar-refractivity contribution in [3.63, 3.8) is 0 Å². The Morgan fingerprint density at radius 1 is 1.22 bits per heavy atom. The van der Waals surface area contributed by atoms with Crippen molar-refractivity contribution in [1.29, 1.82) is 0 Å². The van der Waals surface area contributed by atoms with E-state index in [1.54, 1.807) is 29.7 Å². The molecular formula is C18H14ClN5OS2. The lowest BCUT2D eigenvalue weighted by Gasteiger charge is -2.04. The van der Waals surface area contributed by atoms with E-state index in [2.05, 4.69) is 25.6 Å². The maximum absolute atomic E-state index is 12.3. The lowest BCUT2D eigenvalue weighted by Crippen LogP contribution is -2.14. The average molecular weight is 416 g/mol. The first-order chi connectivity index (χ1) is 13.0. The molecule has 0 atom stereocenters. The van der Waals surface area contributed by atoms with E-state index in [-0.39, 0.29) is 12.3 Å². The fourth-order valence-electron chi connectivity index (χ4n) is 2.49. The number of nitrogens with one attached hydrogen (secondary N) is 2. The van der Waals surface area contributed by atoms with Crippen LogP contribution in [0, 0.1) is 6.92 Å². The van der Waals surface area contributed by atoms with E-state index in [0.29, 0.717) is 21.7 Å². The third-order valence-electron chi connectivity index (χ3n) is 3.63. The van der Waals surface area contributed by atoms with Gasteiger partial charge >= 0.3 is 0 Å². The zero-order valence-electron chi connectivity index (χ0n) is 14.2. The van der Waals surface area contributed by atoms with Crippen LogP contribution in [0.4, 0.5) is 16.6 Å². The highest BCUT2D eigenvalue weighted by molar-refractivity contribution is 7.18. The molecule has 9 heteroatoms. The highest BCUT2D eigenvalue weighted by Crippen LogP contribution is 2.25. The summed E-state index contributed by atoms with van der Waals surface area (Å²) in [4.78, 5) is 25.4. The van der Waals surface area contributed by atoms with E-state index in [0.717, 1.165) is 20.9 Å². The van der Waals surface area contributed by atoms with E-state index < -0.39 is 0 Å². The van der Waals surface area contributed by atoms with Crippen molar-refractivity contribution in [3.05, 3.63) is 57.6 Å². The number of carbonyl (C=O) groups excluding carboxylic acids is 1. The molecule has 0 aliphatic rings. The van der Waals surface area contributed by atoms with Gasteiger partial charge in [0.1, 0.15) is 5.82 Å². The molecule has 0 spiro atoms. The largest absolute Gasteiger partial charge is 0.326 e. The molecule has 27 heavy (non-hydrogen) atoms. The molecular weight excluding hydrogens is 402 g/mol. The monoisotopic (exact) mass is 415 g/mol. The SMILES string of the molecule is Cc1nc2cc(NC(=O)Cc3csc(Nc4ccc(Cl)cn4)n3)ccc2s1. The van der Waals surface area contributed by atoms with Gasteiger partial charge in [0, 0.05) is 17.3 Å². The minimum atomic E-state index is -0.122. The van der Waals surface area contributed by atoms with Crippen LogP contribution in [0.25, 0.3) is 10.2 Å². The molecule has 0 saturated carbocycles. The second kappa shape index (κ2) is 7.59. The molecule has 1 amide bonds. The van der Waals surface area contributed by atoms with Gasteiger partial charge in [-0.25, -0.2) is 15.0 Å². The van der Waals surface area contributed by atoms with Gasteiger partial charge in [0.2, 0.25) is 5.91 Å². The Labute approximate surface area is 168 Å². The predicted octanol–water partition coefficient (Wildman–Crippen LogP) is 5.03. The van der Waals surface area contributed by atoms with Gasteiger partial charge in [0.25, 0.3) is 0 Å². The summed E-state index contributed by atoms with van der Waals surface area (Å²) in [5, 5.41) is 10.1. The van der Waals surface area contributed by atoms with E-state index >= 15 is 0 Å². The number of hydrogen-bond acceptors (Lipinski definition) is 7. The maximum Gasteiger partial charge on any atom is 0.230 e. The molecule has 4 rings (SSSR count). The van der Waals surface area contributed by atoms with Crippen molar-refractivity contribution < 1.29 is 4.79 Å². The van der Waals surface area contributed by atoms with Gasteiger partial charge in [-0.05, 0) is 37.3 Å². The summed E-state index contributed by atoms with van der Waals surface area (Å²) in [6.07, 6.45) is 1.76. The summed E-state index contributed by atoms with van der Waals surface area (Å²) in [5.74, 6) is 0.527. The summed E-state index contributed by atoms with van der Waals surface area (Å²) >= 11 is 8.88. The highest BCUT2D eigenvalue weighted by Gasteiger charge is 2.10. The number of amides is 1. The van der Waals surface area contributed by atoms with Crippen LogP contribution in [0.3, 0.4) is 0 Å². The molecule has 1 aromatic carbocycles. The van der Waals surface area contributed by atoms with Crippen LogP contribution in [0.5, 0.6) is 0 Å². The summed E-state index contributed by atoms with van der Waals surface area (Å²) in [7, 11) is 0. The standard InChI is InChI=1S/C18H14ClN5OS2/c1-10-21-14-6-12(3-4-15(14)27-10)22-17(25)7-13-9-26-18(23-13)24-16-5-2-11(19)8-20-16/h2-6,8-9H,7H2,1H3,(H,22,25)(H,20,23,24). The normalized spacial score (nSPS) is 10.9. The third-order valence-corrected chi connectivity index (χ3v) is 5.62. The van der Waals surface area contributed by atoms with Crippen molar-refractivity contribution in [2.75, 3.05) is 10.6 Å². The Bertz CT molecular complexity index is 1110. The number of pyridine rings is 1. The molecule has 0 bridgehead atoms. The molecule has 0 aliphatic heterocycles. The van der Waals surface area contributed by atoms with Crippen molar-refractivity contribution in [2.45, 2.75) is 13.3 Å². The lowest BCUT2D eigenvalue weighted by atomic mass is 10.2. The number of hydrogen-bond donors (Lipinski definition) is 2. The molecule has 2 N–H and O–H groups in total. The zero-order valence-corrected chi connectivity index (χ0v) is 16.6. The van der Waals surface area contributed by atoms with E-state index in [1.165, 1.54) is 11.3 Å². The first-order valence-electron chi connectivity index (χ1n) is 8.05. The second-order valence-corrected chi connectivity index (χ2v) is 8.30. The van der Waals surface area contributed by atoms with Gasteiger partial charge < -0.3 is 10.6 Å². The van der Waals surface area contributed by atoms with Crippen LogP contribution in [0.1, 0.15) is 10.7 Å². The van der Waals surface area contributed by atoms with Crippen LogP contribution in [-0.4, -0.2) is 20.9 Å². The smallest absolute Gasteiger partial charge is 0.230 e. The molecule has 4 aromatic rings. The highest BCUT2D eigenvalue weighted by atomic mass is 35.5. The number of anilines is 3. The number of aromatic nitrogens is 3. The number of carbonyl (C=O) groups is 1. The van der Waals surface area contributed by atoms with Crippen molar-refractivity contribution >= 4 is 67.0 Å². The van der Waals surface area contributed by atoms with Gasteiger partial charge in [-0.15, -0.1) is 22.7 Å². The van der Waals surface area contributed by atoms with Crippen LogP contribution in [0.2, 0.25) is 5.02 Å². The third kappa shape index (κ3) is 4.41. The molecule has 0 unspecified atom stereocenters. The summed E-state index contributed by atoms with van der Waals surface area (Å²) in [5.41, 5.74) is 2.32. The Kier molecular flexibility index (Phi) is 5.02. The Hall–Kier alpha value is -2.55. The predicted molar refractivity (Wildman–Crippen MR) is 111 cm³/mol. The van der Waals surface area contributed by atoms with Gasteiger partial charge in [-0.1, -0.05) is 11.6 Å². The number of nitrogens with zero attached hydrogens (tertiary/aromatic N) is 3. The van der Waals surface area contributed by atoms with E-state index in [4.69, 9.17) is 11.6 Å². The number of aryl methyl sites for hydroxylation is 1. The topological polar surface area (TPSA) is 79.8 Å². The second-order valence-electron chi connectivity index (χ2n) is 5.77. The fraction of sp³-hybridized carbons (Fsp3) is 0.111. The molecule has 0 fully saturated rings. The van der Waals surface area contributed by atoms with Crippen molar-refractivity contribution in [2.24, 2.45) is 0 Å². The fourth-order valence-corrected chi connectivity index (χ4v) is 4.13. The first kappa shape index (κ1) is 17.8. The maximum atomic E-state index is 12.3. The Morgan fingerprint density at radius 2 is 2.11 bits per heavy atom. The lowest BCUT2D eigenvalue weighted by molar-refractivity contribution is -0.115. The Balaban J connectivity index is 1.38. The molecule has 3 heterocycles. The number of fused-ring (bicyclic) bond motifs is 1. The summed E-state index contributed by atoms with van der Waals surface area (Å²) in [6.45, 7) is 1.97. The van der Waals surface area contributed by atoms with Crippen LogP contribution >= 0.6 is 34.3 Å². The summed E-state index contributed by atoms with van der Waals surface area (Å²) in [6, 6.07) is 9.26. The molecule has 3 aromatic heterocycles. The van der Waals surface area contributed by atoms with Crippen molar-refractivity contribution in [3.8, 4) is 0 Å². The minimum absolute atomic E-state index is 0.122. The van der Waals surface area contributed by atoms with Crippen LogP contribution < -0.4 is 10.6 Å². The average Bonchev–Trinajstić information content (AvgIpc) is 3.21. The quantitative estimate of drug-likeness (QED) is 0.477. The molecule has 6 nitrogen and oxygen atoms in total. The minimum Gasteiger partial charge on any atom is -0.326 e. The van der Waals surface area contributed by atoms with Crippen LogP contribution in [-0.2, 0) is 11.2 Å². The molecule has 136 valence electrons. The number of halogens is 1. The van der Waals surface area contributed by atoms with Gasteiger partial charge in [-0.3, -0.25) is 4.79 Å². The summed E-state index contributed by atoms with van der Waals surface area (Å²) < 4.78 is 1.11. The van der Waals surface area contributed by atoms with E-state index in [1.807, 2.05) is 30.5 Å². The molecule has 0 aliphatic carbocycles.